The minimum atomic E-state index is -3.73. The second-order valence-corrected chi connectivity index (χ2v) is 6.13. The number of nitrogens with two attached hydrogens (primary N) is 1. The first-order chi connectivity index (χ1) is 8.38. The number of halogens is 1. The third-order valence-electron chi connectivity index (χ3n) is 2.11. The van der Waals surface area contributed by atoms with Crippen LogP contribution in [0.1, 0.15) is 5.69 Å². The van der Waals surface area contributed by atoms with E-state index in [0.29, 0.717) is 15.9 Å². The third-order valence-corrected chi connectivity index (χ3v) is 4.43. The third kappa shape index (κ3) is 2.65. The summed E-state index contributed by atoms with van der Waals surface area (Å²) in [4.78, 5) is 0.0748. The van der Waals surface area contributed by atoms with Gasteiger partial charge >= 0.3 is 0 Å². The number of nitrogens with zero attached hydrogens (tertiary/aromatic N) is 1. The van der Waals surface area contributed by atoms with Gasteiger partial charge in [0.25, 0.3) is 10.0 Å². The molecule has 0 fully saturated rings. The van der Waals surface area contributed by atoms with Crippen LogP contribution in [0.25, 0.3) is 0 Å². The zero-order valence-corrected chi connectivity index (χ0v) is 11.7. The molecule has 8 heteroatoms. The number of hydrogen-bond donors (Lipinski definition) is 2. The summed E-state index contributed by atoms with van der Waals surface area (Å²) in [6, 6.07) is 5.92. The first-order valence-corrected chi connectivity index (χ1v) is 7.17. The van der Waals surface area contributed by atoms with Gasteiger partial charge in [-0.25, -0.2) is 13.1 Å². The molecule has 3 N–H and O–H groups in total. The Morgan fingerprint density at radius 2 is 2.11 bits per heavy atom. The molecule has 0 aliphatic heterocycles. The van der Waals surface area contributed by atoms with Crippen molar-refractivity contribution < 1.29 is 12.9 Å². The normalized spacial score (nSPS) is 11.4. The Morgan fingerprint density at radius 3 is 2.67 bits per heavy atom. The number of anilines is 2. The Balaban J connectivity index is 2.36. The molecule has 0 amide bonds. The molecule has 0 spiro atoms. The highest BCUT2D eigenvalue weighted by atomic mass is 79.9. The van der Waals surface area contributed by atoms with Gasteiger partial charge in [0.2, 0.25) is 5.88 Å². The van der Waals surface area contributed by atoms with Crippen LogP contribution < -0.4 is 10.5 Å². The van der Waals surface area contributed by atoms with Crippen LogP contribution in [0, 0.1) is 6.92 Å². The standard InChI is InChI=1S/C10H10BrN3O3S/c1-6-4-10(17-13-6)14-18(15,16)9-3-2-7(12)5-8(9)11/h2-5,14H,12H2,1H3. The monoisotopic (exact) mass is 331 g/mol. The number of hydrogen-bond acceptors (Lipinski definition) is 5. The van der Waals surface area contributed by atoms with E-state index in [-0.39, 0.29) is 10.8 Å². The summed E-state index contributed by atoms with van der Waals surface area (Å²) >= 11 is 3.16. The number of nitrogen functional groups attached to an aromatic ring is 1. The number of sulfonamides is 1. The predicted molar refractivity (Wildman–Crippen MR) is 70.6 cm³/mol. The molecule has 6 nitrogen and oxygen atoms in total. The number of aryl methyl sites for hydroxylation is 1. The SMILES string of the molecule is Cc1cc(NS(=O)(=O)c2ccc(N)cc2Br)on1. The highest BCUT2D eigenvalue weighted by Gasteiger charge is 2.19. The lowest BCUT2D eigenvalue weighted by molar-refractivity contribution is 0.430. The Labute approximate surface area is 112 Å². The minimum absolute atomic E-state index is 0.0659. The molecule has 0 saturated heterocycles. The minimum Gasteiger partial charge on any atom is -0.399 e. The van der Waals surface area contributed by atoms with Crippen LogP contribution in [0.15, 0.2) is 38.2 Å². The molecule has 2 aromatic rings. The van der Waals surface area contributed by atoms with Crippen LogP contribution in [0.4, 0.5) is 11.6 Å². The fraction of sp³-hybridized carbons (Fsp3) is 0.100. The van der Waals surface area contributed by atoms with Gasteiger partial charge in [0.1, 0.15) is 4.90 Å². The van der Waals surface area contributed by atoms with E-state index in [2.05, 4.69) is 25.8 Å². The summed E-state index contributed by atoms with van der Waals surface area (Å²) < 4.78 is 31.6. The van der Waals surface area contributed by atoms with Crippen molar-refractivity contribution in [3.63, 3.8) is 0 Å². The van der Waals surface area contributed by atoms with E-state index in [9.17, 15) is 8.42 Å². The van der Waals surface area contributed by atoms with Crippen molar-refractivity contribution >= 4 is 37.5 Å². The van der Waals surface area contributed by atoms with Crippen LogP contribution in [0.5, 0.6) is 0 Å². The number of benzene rings is 1. The smallest absolute Gasteiger partial charge is 0.265 e. The summed E-state index contributed by atoms with van der Waals surface area (Å²) in [7, 11) is -3.73. The Hall–Kier alpha value is -1.54. The first-order valence-electron chi connectivity index (χ1n) is 4.89. The fourth-order valence-electron chi connectivity index (χ4n) is 1.33. The van der Waals surface area contributed by atoms with Crippen molar-refractivity contribution in [1.29, 1.82) is 0 Å². The fourth-order valence-corrected chi connectivity index (χ4v) is 3.40. The molecular formula is C10H10BrN3O3S. The average molecular weight is 332 g/mol. The molecule has 1 aromatic heterocycles. The molecule has 1 heterocycles. The molecular weight excluding hydrogens is 322 g/mol. The van der Waals surface area contributed by atoms with E-state index < -0.39 is 10.0 Å². The molecule has 0 aliphatic rings. The molecule has 0 bridgehead atoms. The van der Waals surface area contributed by atoms with Gasteiger partial charge in [0.05, 0.1) is 5.69 Å². The van der Waals surface area contributed by atoms with Crippen LogP contribution in [-0.4, -0.2) is 13.6 Å². The van der Waals surface area contributed by atoms with Crippen LogP contribution in [0.2, 0.25) is 0 Å². The maximum Gasteiger partial charge on any atom is 0.265 e. The average Bonchev–Trinajstić information content (AvgIpc) is 2.62. The van der Waals surface area contributed by atoms with Gasteiger partial charge in [-0.1, -0.05) is 5.16 Å². The lowest BCUT2D eigenvalue weighted by atomic mass is 10.3. The lowest BCUT2D eigenvalue weighted by Crippen LogP contribution is -2.13. The molecule has 18 heavy (non-hydrogen) atoms. The molecule has 0 aliphatic carbocycles. The van der Waals surface area contributed by atoms with Gasteiger partial charge in [-0.2, -0.15) is 0 Å². The molecule has 0 radical (unpaired) electrons. The van der Waals surface area contributed by atoms with Gasteiger partial charge in [-0.15, -0.1) is 0 Å². The molecule has 0 unspecified atom stereocenters. The molecule has 0 atom stereocenters. The largest absolute Gasteiger partial charge is 0.399 e. The van der Waals surface area contributed by atoms with Crippen LogP contribution in [0.3, 0.4) is 0 Å². The highest BCUT2D eigenvalue weighted by Crippen LogP contribution is 2.26. The van der Waals surface area contributed by atoms with Gasteiger partial charge in [0.15, 0.2) is 0 Å². The van der Waals surface area contributed by atoms with E-state index in [1.54, 1.807) is 6.92 Å². The Bertz CT molecular complexity index is 681. The maximum absolute atomic E-state index is 12.1. The van der Waals surface area contributed by atoms with Gasteiger partial charge in [-0.05, 0) is 41.1 Å². The highest BCUT2D eigenvalue weighted by molar-refractivity contribution is 9.10. The van der Waals surface area contributed by atoms with Crippen LogP contribution >= 0.6 is 15.9 Å². The zero-order chi connectivity index (χ0) is 13.3. The molecule has 2 rings (SSSR count). The summed E-state index contributed by atoms with van der Waals surface area (Å²) in [5.41, 5.74) is 6.61. The predicted octanol–water partition coefficient (Wildman–Crippen LogP) is 2.13. The van der Waals surface area contributed by atoms with Crippen LogP contribution in [-0.2, 0) is 10.0 Å². The first kappa shape index (κ1) is 12.9. The van der Waals surface area contributed by atoms with Crippen molar-refractivity contribution in [3.05, 3.63) is 34.4 Å². The number of rotatable bonds is 3. The van der Waals surface area contributed by atoms with Crippen molar-refractivity contribution in [3.8, 4) is 0 Å². The molecule has 0 saturated carbocycles. The summed E-state index contributed by atoms with van der Waals surface area (Å²) in [6.07, 6.45) is 0. The van der Waals surface area contributed by atoms with Crippen molar-refractivity contribution in [2.75, 3.05) is 10.5 Å². The lowest BCUT2D eigenvalue weighted by Gasteiger charge is -2.07. The van der Waals surface area contributed by atoms with E-state index >= 15 is 0 Å². The summed E-state index contributed by atoms with van der Waals surface area (Å²) in [6.45, 7) is 1.69. The second-order valence-electron chi connectivity index (χ2n) is 3.63. The van der Waals surface area contributed by atoms with Gasteiger partial charge in [-0.3, -0.25) is 0 Å². The topological polar surface area (TPSA) is 98.2 Å². The van der Waals surface area contributed by atoms with E-state index in [4.69, 9.17) is 10.3 Å². The maximum atomic E-state index is 12.1. The zero-order valence-electron chi connectivity index (χ0n) is 9.34. The van der Waals surface area contributed by atoms with Crippen molar-refractivity contribution in [2.24, 2.45) is 0 Å². The molecule has 1 aromatic carbocycles. The summed E-state index contributed by atoms with van der Waals surface area (Å²) in [5.74, 6) is 0.0659. The summed E-state index contributed by atoms with van der Waals surface area (Å²) in [5, 5.41) is 3.60. The number of aromatic nitrogens is 1. The van der Waals surface area contributed by atoms with Crippen molar-refractivity contribution in [2.45, 2.75) is 11.8 Å². The number of nitrogens with one attached hydrogen (secondary N) is 1. The van der Waals surface area contributed by atoms with Gasteiger partial charge < -0.3 is 10.3 Å². The Morgan fingerprint density at radius 1 is 1.39 bits per heavy atom. The van der Waals surface area contributed by atoms with E-state index in [1.165, 1.54) is 24.3 Å². The quantitative estimate of drug-likeness (QED) is 0.839. The van der Waals surface area contributed by atoms with E-state index in [1.807, 2.05) is 0 Å². The second kappa shape index (κ2) is 4.62. The van der Waals surface area contributed by atoms with Crippen molar-refractivity contribution in [1.82, 2.24) is 5.16 Å². The van der Waals surface area contributed by atoms with Gasteiger partial charge in [0, 0.05) is 16.2 Å². The molecule has 96 valence electrons. The Kier molecular flexibility index (Phi) is 3.31. The van der Waals surface area contributed by atoms with E-state index in [0.717, 1.165) is 0 Å².